The zero-order valence-corrected chi connectivity index (χ0v) is 12.4. The second kappa shape index (κ2) is 6.21. The van der Waals surface area contributed by atoms with E-state index in [1.807, 2.05) is 24.4 Å². The number of carbonyl (C=O) groups is 2. The Balaban J connectivity index is 2.08. The molecule has 1 aromatic carbocycles. The van der Waals surface area contributed by atoms with Crippen LogP contribution in [0.5, 0.6) is 0 Å². The van der Waals surface area contributed by atoms with Crippen molar-refractivity contribution in [3.05, 3.63) is 48.3 Å². The lowest BCUT2D eigenvalue weighted by Crippen LogP contribution is -2.37. The van der Waals surface area contributed by atoms with Gasteiger partial charge in [-0.1, -0.05) is 0 Å². The fourth-order valence-corrected chi connectivity index (χ4v) is 1.81. The minimum atomic E-state index is -0.183. The average Bonchev–Trinajstić information content (AvgIpc) is 3.00. The van der Waals surface area contributed by atoms with Crippen LogP contribution in [0.1, 0.15) is 10.4 Å². The molecule has 2 rings (SSSR count). The molecule has 0 N–H and O–H groups in total. The van der Waals surface area contributed by atoms with Gasteiger partial charge in [0.1, 0.15) is 0 Å². The summed E-state index contributed by atoms with van der Waals surface area (Å²) in [6.45, 7) is 0.0622. The Labute approximate surface area is 123 Å². The Morgan fingerprint density at radius 3 is 2.33 bits per heavy atom. The Kier molecular flexibility index (Phi) is 4.37. The largest absolute Gasteiger partial charge is 0.347 e. The first-order valence-electron chi connectivity index (χ1n) is 6.54. The summed E-state index contributed by atoms with van der Waals surface area (Å²) >= 11 is 0. The van der Waals surface area contributed by atoms with Gasteiger partial charge in [0, 0.05) is 39.1 Å². The highest BCUT2D eigenvalue weighted by Gasteiger charge is 2.15. The van der Waals surface area contributed by atoms with Crippen LogP contribution >= 0.6 is 0 Å². The van der Waals surface area contributed by atoms with Gasteiger partial charge in [-0.25, -0.2) is 4.68 Å². The smallest absolute Gasteiger partial charge is 0.254 e. The van der Waals surface area contributed by atoms with Gasteiger partial charge in [0.2, 0.25) is 5.91 Å². The van der Waals surface area contributed by atoms with Crippen molar-refractivity contribution >= 4 is 11.8 Å². The molecule has 0 aliphatic heterocycles. The molecule has 0 bridgehead atoms. The predicted molar refractivity (Wildman–Crippen MR) is 79.2 cm³/mol. The summed E-state index contributed by atoms with van der Waals surface area (Å²) in [5.41, 5.74) is 1.42. The van der Waals surface area contributed by atoms with Gasteiger partial charge >= 0.3 is 0 Å². The summed E-state index contributed by atoms with van der Waals surface area (Å²) in [5, 5.41) is 4.13. The molecule has 1 heterocycles. The maximum atomic E-state index is 12.2. The Morgan fingerprint density at radius 1 is 1.14 bits per heavy atom. The highest BCUT2D eigenvalue weighted by Crippen LogP contribution is 2.10. The Morgan fingerprint density at radius 2 is 1.81 bits per heavy atom. The summed E-state index contributed by atoms with van der Waals surface area (Å²) < 4.78 is 1.72. The molecule has 0 unspecified atom stereocenters. The third kappa shape index (κ3) is 3.47. The fourth-order valence-electron chi connectivity index (χ4n) is 1.81. The van der Waals surface area contributed by atoms with Crippen LogP contribution in [0.3, 0.4) is 0 Å². The molecule has 0 atom stereocenters. The van der Waals surface area contributed by atoms with Crippen LogP contribution in [-0.4, -0.2) is 59.1 Å². The lowest BCUT2D eigenvalue weighted by molar-refractivity contribution is -0.129. The van der Waals surface area contributed by atoms with Crippen molar-refractivity contribution in [1.82, 2.24) is 19.6 Å². The number of rotatable bonds is 4. The number of carbonyl (C=O) groups excluding carboxylic acids is 2. The molecule has 0 saturated heterocycles. The van der Waals surface area contributed by atoms with E-state index in [-0.39, 0.29) is 18.4 Å². The van der Waals surface area contributed by atoms with E-state index >= 15 is 0 Å². The van der Waals surface area contributed by atoms with Gasteiger partial charge in [0.05, 0.1) is 12.2 Å². The molecule has 0 aliphatic rings. The van der Waals surface area contributed by atoms with Gasteiger partial charge in [-0.15, -0.1) is 0 Å². The highest BCUT2D eigenvalue weighted by atomic mass is 16.2. The monoisotopic (exact) mass is 286 g/mol. The number of nitrogens with zero attached hydrogens (tertiary/aromatic N) is 4. The molecule has 0 fully saturated rings. The van der Waals surface area contributed by atoms with Crippen LogP contribution in [0.2, 0.25) is 0 Å². The van der Waals surface area contributed by atoms with Gasteiger partial charge in [0.15, 0.2) is 0 Å². The average molecular weight is 286 g/mol. The standard InChI is InChI=1S/C15H18N4O2/c1-17(2)14(20)11-18(3)15(21)12-5-7-13(8-6-12)19-10-4-9-16-19/h4-10H,11H2,1-3H3. The van der Waals surface area contributed by atoms with Crippen molar-refractivity contribution in [3.63, 3.8) is 0 Å². The van der Waals surface area contributed by atoms with Crippen molar-refractivity contribution < 1.29 is 9.59 Å². The van der Waals surface area contributed by atoms with Crippen LogP contribution < -0.4 is 0 Å². The van der Waals surface area contributed by atoms with E-state index in [0.29, 0.717) is 5.56 Å². The minimum absolute atomic E-state index is 0.0622. The second-order valence-electron chi connectivity index (χ2n) is 4.95. The number of amides is 2. The molecule has 0 saturated carbocycles. The summed E-state index contributed by atoms with van der Waals surface area (Å²) in [7, 11) is 4.95. The van der Waals surface area contributed by atoms with E-state index in [1.54, 1.807) is 44.2 Å². The van der Waals surface area contributed by atoms with E-state index in [2.05, 4.69) is 5.10 Å². The van der Waals surface area contributed by atoms with Crippen molar-refractivity contribution in [2.45, 2.75) is 0 Å². The van der Waals surface area contributed by atoms with Gasteiger partial charge in [-0.2, -0.15) is 5.10 Å². The fraction of sp³-hybridized carbons (Fsp3) is 0.267. The van der Waals surface area contributed by atoms with Crippen molar-refractivity contribution in [2.24, 2.45) is 0 Å². The van der Waals surface area contributed by atoms with Crippen molar-refractivity contribution in [3.8, 4) is 5.69 Å². The van der Waals surface area contributed by atoms with Crippen LogP contribution in [-0.2, 0) is 4.79 Å². The summed E-state index contributed by atoms with van der Waals surface area (Å²) in [5.74, 6) is -0.295. The normalized spacial score (nSPS) is 10.2. The molecule has 0 spiro atoms. The van der Waals surface area contributed by atoms with E-state index in [0.717, 1.165) is 5.69 Å². The molecular formula is C15H18N4O2. The lowest BCUT2D eigenvalue weighted by atomic mass is 10.2. The number of hydrogen-bond acceptors (Lipinski definition) is 3. The molecule has 2 aromatic rings. The third-order valence-electron chi connectivity index (χ3n) is 3.10. The molecule has 110 valence electrons. The lowest BCUT2D eigenvalue weighted by Gasteiger charge is -2.19. The first-order valence-corrected chi connectivity index (χ1v) is 6.54. The topological polar surface area (TPSA) is 58.4 Å². The molecule has 21 heavy (non-hydrogen) atoms. The molecule has 6 nitrogen and oxygen atoms in total. The first kappa shape index (κ1) is 14.8. The molecule has 1 aromatic heterocycles. The maximum absolute atomic E-state index is 12.2. The SMILES string of the molecule is CN(C)C(=O)CN(C)C(=O)c1ccc(-n2cccn2)cc1. The quantitative estimate of drug-likeness (QED) is 0.843. The number of likely N-dealkylation sites (N-methyl/N-ethyl adjacent to an activating group) is 2. The van der Waals surface area contributed by atoms with Crippen LogP contribution in [0.4, 0.5) is 0 Å². The molecule has 2 amide bonds. The van der Waals surface area contributed by atoms with Gasteiger partial charge < -0.3 is 9.80 Å². The zero-order valence-electron chi connectivity index (χ0n) is 12.4. The maximum Gasteiger partial charge on any atom is 0.254 e. The van der Waals surface area contributed by atoms with Crippen molar-refractivity contribution in [1.29, 1.82) is 0 Å². The van der Waals surface area contributed by atoms with Crippen LogP contribution in [0, 0.1) is 0 Å². The van der Waals surface area contributed by atoms with Gasteiger partial charge in [0.25, 0.3) is 5.91 Å². The van der Waals surface area contributed by atoms with E-state index in [9.17, 15) is 9.59 Å². The summed E-state index contributed by atoms with van der Waals surface area (Å²) in [4.78, 5) is 26.7. The summed E-state index contributed by atoms with van der Waals surface area (Å²) in [6, 6.07) is 8.94. The van der Waals surface area contributed by atoms with Gasteiger partial charge in [-0.3, -0.25) is 9.59 Å². The summed E-state index contributed by atoms with van der Waals surface area (Å²) in [6.07, 6.45) is 3.53. The van der Waals surface area contributed by atoms with Crippen LogP contribution in [0.25, 0.3) is 5.69 Å². The third-order valence-corrected chi connectivity index (χ3v) is 3.10. The number of hydrogen-bond donors (Lipinski definition) is 0. The molecule has 0 aliphatic carbocycles. The minimum Gasteiger partial charge on any atom is -0.347 e. The van der Waals surface area contributed by atoms with E-state index in [4.69, 9.17) is 0 Å². The number of benzene rings is 1. The van der Waals surface area contributed by atoms with Crippen LogP contribution in [0.15, 0.2) is 42.7 Å². The zero-order chi connectivity index (χ0) is 15.4. The molecule has 0 radical (unpaired) electrons. The number of aromatic nitrogens is 2. The second-order valence-corrected chi connectivity index (χ2v) is 4.95. The first-order chi connectivity index (χ1) is 9.99. The highest BCUT2D eigenvalue weighted by molar-refractivity contribution is 5.96. The van der Waals surface area contributed by atoms with Gasteiger partial charge in [-0.05, 0) is 30.3 Å². The van der Waals surface area contributed by atoms with E-state index in [1.165, 1.54) is 9.80 Å². The predicted octanol–water partition coefficient (Wildman–Crippen LogP) is 1.03. The molecular weight excluding hydrogens is 268 g/mol. The molecule has 6 heteroatoms. The Hall–Kier alpha value is -2.63. The Bertz CT molecular complexity index is 618. The van der Waals surface area contributed by atoms with E-state index < -0.39 is 0 Å². The van der Waals surface area contributed by atoms with Crippen molar-refractivity contribution in [2.75, 3.05) is 27.7 Å².